The molecule has 0 amide bonds. The molecule has 0 atom stereocenters. The molecule has 5 nitrogen and oxygen atoms in total. The van der Waals surface area contributed by atoms with Crippen LogP contribution in [0.3, 0.4) is 0 Å². The Labute approximate surface area is 206 Å². The lowest BCUT2D eigenvalue weighted by molar-refractivity contribution is -0.0583. The molecule has 0 saturated carbocycles. The Morgan fingerprint density at radius 3 is 2.49 bits per heavy atom. The van der Waals surface area contributed by atoms with Crippen molar-refractivity contribution < 1.29 is 26.3 Å². The van der Waals surface area contributed by atoms with E-state index in [9.17, 15) is 21.6 Å². The zero-order chi connectivity index (χ0) is 25.8. The number of thiophene rings is 1. The average molecular weight is 523 g/mol. The highest BCUT2D eigenvalue weighted by Gasteiger charge is 2.33. The topological polar surface area (TPSA) is 79.2 Å². The van der Waals surface area contributed by atoms with Crippen LogP contribution in [0.1, 0.15) is 18.7 Å². The Bertz CT molecular complexity index is 1340. The van der Waals surface area contributed by atoms with Crippen molar-refractivity contribution in [1.29, 1.82) is 5.41 Å². The fraction of sp³-hybridized carbons (Fsp3) is 0.240. The van der Waals surface area contributed by atoms with Gasteiger partial charge in [0.25, 0.3) is 0 Å². The number of alkyl halides is 3. The van der Waals surface area contributed by atoms with E-state index in [0.717, 1.165) is 12.3 Å². The van der Waals surface area contributed by atoms with Crippen LogP contribution in [0.2, 0.25) is 0 Å². The molecule has 35 heavy (non-hydrogen) atoms. The van der Waals surface area contributed by atoms with Crippen molar-refractivity contribution in [3.8, 4) is 16.9 Å². The van der Waals surface area contributed by atoms with Crippen LogP contribution < -0.4 is 10.1 Å². The predicted molar refractivity (Wildman–Crippen MR) is 135 cm³/mol. The molecule has 0 saturated heterocycles. The van der Waals surface area contributed by atoms with Gasteiger partial charge in [-0.05, 0) is 58.8 Å². The second kappa shape index (κ2) is 10.7. The first-order chi connectivity index (χ1) is 16.3. The second-order valence-electron chi connectivity index (χ2n) is 8.30. The maximum Gasteiger partial charge on any atom is 0.432 e. The lowest BCUT2D eigenvalue weighted by Gasteiger charge is -2.16. The maximum atomic E-state index is 13.2. The molecule has 1 heterocycles. The van der Waals surface area contributed by atoms with Crippen LogP contribution in [-0.4, -0.2) is 33.2 Å². The number of hydrogen-bond donors (Lipinski definition) is 2. The average Bonchev–Trinajstić information content (AvgIpc) is 3.27. The zero-order valence-corrected chi connectivity index (χ0v) is 20.9. The Morgan fingerprint density at radius 1 is 1.11 bits per heavy atom. The molecule has 0 bridgehead atoms. The molecule has 3 rings (SSSR count). The van der Waals surface area contributed by atoms with E-state index in [4.69, 9.17) is 10.1 Å². The predicted octanol–water partition coefficient (Wildman–Crippen LogP) is 6.89. The summed E-state index contributed by atoms with van der Waals surface area (Å²) >= 11 is 1.18. The molecule has 0 radical (unpaired) electrons. The number of benzene rings is 2. The third kappa shape index (κ3) is 7.19. The van der Waals surface area contributed by atoms with E-state index in [2.05, 4.69) is 5.32 Å². The third-order valence-corrected chi connectivity index (χ3v) is 6.86. The number of hydrogen-bond acceptors (Lipinski definition) is 6. The van der Waals surface area contributed by atoms with Crippen LogP contribution in [0.25, 0.3) is 16.8 Å². The Hall–Kier alpha value is -3.11. The highest BCUT2D eigenvalue weighted by atomic mass is 32.2. The van der Waals surface area contributed by atoms with E-state index in [-0.39, 0.29) is 16.5 Å². The van der Waals surface area contributed by atoms with Gasteiger partial charge in [-0.1, -0.05) is 38.1 Å². The van der Waals surface area contributed by atoms with Crippen molar-refractivity contribution in [2.45, 2.75) is 24.9 Å². The molecule has 0 aliphatic rings. The SMILES string of the molecule is CC(C)COc1ccccc1N/C(=C\C(=N)C(F)(F)F)c1cc(-c2cccc(S(C)(=O)=O)c2)cs1. The minimum atomic E-state index is -4.81. The molecule has 0 fully saturated rings. The molecule has 0 aliphatic heterocycles. The summed E-state index contributed by atoms with van der Waals surface area (Å²) in [4.78, 5) is 0.587. The molecule has 2 aromatic carbocycles. The van der Waals surface area contributed by atoms with E-state index in [0.29, 0.717) is 34.0 Å². The monoisotopic (exact) mass is 522 g/mol. The minimum Gasteiger partial charge on any atom is -0.491 e. The highest BCUT2D eigenvalue weighted by Crippen LogP contribution is 2.34. The van der Waals surface area contributed by atoms with Gasteiger partial charge >= 0.3 is 6.18 Å². The lowest BCUT2D eigenvalue weighted by atomic mass is 10.1. The second-order valence-corrected chi connectivity index (χ2v) is 11.2. The van der Waals surface area contributed by atoms with Gasteiger partial charge in [-0.15, -0.1) is 11.3 Å². The molecule has 10 heteroatoms. The standard InChI is InChI=1S/C25H25F3N2O3S2/c1-16(2)14-33-22-10-5-4-9-20(22)30-21(13-24(29)25(26,27)28)23-12-18(15-34-23)17-7-6-8-19(11-17)35(3,31)32/h4-13,15-16,29-30H,14H2,1-3H3/b21-13-,29-24?. The van der Waals surface area contributed by atoms with Crippen molar-refractivity contribution >= 4 is 38.3 Å². The molecule has 3 aromatic rings. The van der Waals surface area contributed by atoms with E-state index in [1.54, 1.807) is 47.8 Å². The molecule has 1 aromatic heterocycles. The van der Waals surface area contributed by atoms with Crippen molar-refractivity contribution in [2.24, 2.45) is 5.92 Å². The molecule has 0 aliphatic carbocycles. The molecular formula is C25H25F3N2O3S2. The number of rotatable bonds is 9. The van der Waals surface area contributed by atoms with Crippen LogP contribution in [0.4, 0.5) is 18.9 Å². The fourth-order valence-corrected chi connectivity index (χ4v) is 4.58. The summed E-state index contributed by atoms with van der Waals surface area (Å²) < 4.78 is 69.3. The summed E-state index contributed by atoms with van der Waals surface area (Å²) in [5.74, 6) is 0.724. The number of nitrogens with one attached hydrogen (secondary N) is 2. The smallest absolute Gasteiger partial charge is 0.432 e. The molecule has 0 unspecified atom stereocenters. The van der Waals surface area contributed by atoms with Crippen LogP contribution in [0.5, 0.6) is 5.75 Å². The zero-order valence-electron chi connectivity index (χ0n) is 19.3. The largest absolute Gasteiger partial charge is 0.491 e. The van der Waals surface area contributed by atoms with Gasteiger partial charge in [-0.3, -0.25) is 5.41 Å². The fourth-order valence-electron chi connectivity index (χ4n) is 3.03. The summed E-state index contributed by atoms with van der Waals surface area (Å²) in [6.45, 7) is 4.39. The van der Waals surface area contributed by atoms with E-state index in [1.165, 1.54) is 23.5 Å². The van der Waals surface area contributed by atoms with Crippen molar-refractivity contribution in [3.05, 3.63) is 70.9 Å². The van der Waals surface area contributed by atoms with Crippen LogP contribution in [-0.2, 0) is 9.84 Å². The normalized spacial score (nSPS) is 12.6. The van der Waals surface area contributed by atoms with Gasteiger partial charge in [-0.2, -0.15) is 13.2 Å². The van der Waals surface area contributed by atoms with E-state index in [1.807, 2.05) is 13.8 Å². The third-order valence-electron chi connectivity index (χ3n) is 4.78. The van der Waals surface area contributed by atoms with E-state index >= 15 is 0 Å². The van der Waals surface area contributed by atoms with Crippen LogP contribution in [0.15, 0.2) is 70.9 Å². The molecule has 186 valence electrons. The lowest BCUT2D eigenvalue weighted by Crippen LogP contribution is -2.20. The van der Waals surface area contributed by atoms with Gasteiger partial charge in [0.1, 0.15) is 11.5 Å². The van der Waals surface area contributed by atoms with E-state index < -0.39 is 21.7 Å². The first kappa shape index (κ1) is 26.5. The molecule has 2 N–H and O–H groups in total. The summed E-state index contributed by atoms with van der Waals surface area (Å²) in [5, 5.41) is 12.2. The maximum absolute atomic E-state index is 13.2. The quantitative estimate of drug-likeness (QED) is 0.300. The van der Waals surface area contributed by atoms with Gasteiger partial charge in [0, 0.05) is 6.26 Å². The number of anilines is 1. The summed E-state index contributed by atoms with van der Waals surface area (Å²) in [7, 11) is -3.42. The van der Waals surface area contributed by atoms with Crippen molar-refractivity contribution in [1.82, 2.24) is 0 Å². The molecular weight excluding hydrogens is 497 g/mol. The first-order valence-corrected chi connectivity index (χ1v) is 13.4. The van der Waals surface area contributed by atoms with Gasteiger partial charge in [0.2, 0.25) is 0 Å². The number of halogens is 3. The Balaban J connectivity index is 2.01. The van der Waals surface area contributed by atoms with Gasteiger partial charge in [0.15, 0.2) is 9.84 Å². The van der Waals surface area contributed by atoms with Crippen molar-refractivity contribution in [3.63, 3.8) is 0 Å². The summed E-state index contributed by atoms with van der Waals surface area (Å²) in [6.07, 6.45) is -2.97. The number of ether oxygens (including phenoxy) is 1. The summed E-state index contributed by atoms with van der Waals surface area (Å²) in [5.41, 5.74) is 0.286. The van der Waals surface area contributed by atoms with Crippen molar-refractivity contribution in [2.75, 3.05) is 18.2 Å². The Morgan fingerprint density at radius 2 is 1.83 bits per heavy atom. The number of sulfone groups is 1. The van der Waals surface area contributed by atoms with Crippen LogP contribution >= 0.6 is 11.3 Å². The molecule has 0 spiro atoms. The summed E-state index contributed by atoms with van der Waals surface area (Å²) in [6, 6.07) is 14.9. The number of allylic oxidation sites excluding steroid dienone is 1. The Kier molecular flexibility index (Phi) is 8.07. The highest BCUT2D eigenvalue weighted by molar-refractivity contribution is 7.90. The minimum absolute atomic E-state index is 0.0726. The van der Waals surface area contributed by atoms with Gasteiger partial charge in [0.05, 0.1) is 27.8 Å². The van der Waals surface area contributed by atoms with Gasteiger partial charge < -0.3 is 10.1 Å². The van der Waals surface area contributed by atoms with Crippen LogP contribution in [0, 0.1) is 11.3 Å². The first-order valence-electron chi connectivity index (χ1n) is 10.6. The van der Waals surface area contributed by atoms with Gasteiger partial charge in [-0.25, -0.2) is 8.42 Å². The number of para-hydroxylation sites is 2.